The van der Waals surface area contributed by atoms with Gasteiger partial charge in [-0.2, -0.15) is 0 Å². The number of nitrogens with two attached hydrogens (primary N) is 1. The highest BCUT2D eigenvalue weighted by Gasteiger charge is 2.14. The Morgan fingerprint density at radius 1 is 1.57 bits per heavy atom. The van der Waals surface area contributed by atoms with Gasteiger partial charge in [-0.1, -0.05) is 6.07 Å². The van der Waals surface area contributed by atoms with Crippen LogP contribution in [0.2, 0.25) is 0 Å². The first kappa shape index (κ1) is 9.32. The molecule has 0 aliphatic heterocycles. The molecule has 1 atom stereocenters. The number of hydrogen-bond acceptors (Lipinski definition) is 6. The third-order valence-corrected chi connectivity index (χ3v) is 2.54. The van der Waals surface area contributed by atoms with E-state index in [1.807, 2.05) is 17.5 Å². The van der Waals surface area contributed by atoms with E-state index in [4.69, 9.17) is 15.3 Å². The summed E-state index contributed by atoms with van der Waals surface area (Å²) >= 11 is 1.51. The normalized spacial score (nSPS) is 13.0. The number of thiophene rings is 1. The Hall–Kier alpha value is -1.24. The molecule has 1 unspecified atom stereocenters. The number of nitrogens with zero attached hydrogens (tertiary/aromatic N) is 2. The summed E-state index contributed by atoms with van der Waals surface area (Å²) in [6, 6.07) is 3.18. The van der Waals surface area contributed by atoms with Crippen LogP contribution in [0.1, 0.15) is 11.9 Å². The van der Waals surface area contributed by atoms with E-state index in [1.165, 1.54) is 11.3 Å². The first-order chi connectivity index (χ1) is 6.81. The summed E-state index contributed by atoms with van der Waals surface area (Å²) in [6.45, 7) is -0.202. The molecule has 6 heteroatoms. The van der Waals surface area contributed by atoms with Gasteiger partial charge in [-0.15, -0.1) is 21.5 Å². The molecule has 0 spiro atoms. The minimum atomic E-state index is -0.601. The van der Waals surface area contributed by atoms with Crippen LogP contribution in [-0.2, 0) is 0 Å². The predicted molar refractivity (Wildman–Crippen MR) is 51.6 cm³/mol. The largest absolute Gasteiger partial charge is 0.418 e. The van der Waals surface area contributed by atoms with E-state index in [9.17, 15) is 0 Å². The fourth-order valence-corrected chi connectivity index (χ4v) is 1.61. The molecule has 2 rings (SSSR count). The van der Waals surface area contributed by atoms with E-state index >= 15 is 0 Å². The van der Waals surface area contributed by atoms with Crippen molar-refractivity contribution >= 4 is 11.3 Å². The van der Waals surface area contributed by atoms with E-state index in [-0.39, 0.29) is 12.5 Å². The molecule has 74 valence electrons. The lowest BCUT2D eigenvalue weighted by molar-refractivity contribution is 0.249. The van der Waals surface area contributed by atoms with Crippen LogP contribution in [0.25, 0.3) is 10.8 Å². The van der Waals surface area contributed by atoms with Gasteiger partial charge in [0, 0.05) is 0 Å². The fourth-order valence-electron chi connectivity index (χ4n) is 0.962. The monoisotopic (exact) mass is 211 g/mol. The summed E-state index contributed by atoms with van der Waals surface area (Å²) in [5, 5.41) is 18.3. The molecule has 0 fully saturated rings. The minimum absolute atomic E-state index is 0.202. The standard InChI is InChI=1S/C8H9N3O2S/c9-5(4-12)7-10-11-8(13-7)6-2-1-3-14-6/h1-3,5,12H,4,9H2. The van der Waals surface area contributed by atoms with Gasteiger partial charge in [-0.3, -0.25) is 0 Å². The number of aromatic nitrogens is 2. The average Bonchev–Trinajstić information content (AvgIpc) is 2.86. The van der Waals surface area contributed by atoms with Crippen molar-refractivity contribution in [2.24, 2.45) is 5.73 Å². The van der Waals surface area contributed by atoms with Gasteiger partial charge in [0.05, 0.1) is 11.5 Å². The van der Waals surface area contributed by atoms with Crippen LogP contribution in [0.4, 0.5) is 0 Å². The van der Waals surface area contributed by atoms with E-state index in [2.05, 4.69) is 10.2 Å². The smallest absolute Gasteiger partial charge is 0.257 e. The minimum Gasteiger partial charge on any atom is -0.418 e. The fraction of sp³-hybridized carbons (Fsp3) is 0.250. The van der Waals surface area contributed by atoms with Gasteiger partial charge in [0.2, 0.25) is 5.89 Å². The van der Waals surface area contributed by atoms with Crippen molar-refractivity contribution in [3.63, 3.8) is 0 Å². The second kappa shape index (κ2) is 3.87. The van der Waals surface area contributed by atoms with Crippen LogP contribution >= 0.6 is 11.3 Å². The highest BCUT2D eigenvalue weighted by atomic mass is 32.1. The molecule has 0 aliphatic rings. The summed E-state index contributed by atoms with van der Waals surface area (Å²) in [5.41, 5.74) is 5.52. The van der Waals surface area contributed by atoms with Crippen molar-refractivity contribution in [3.8, 4) is 10.8 Å². The predicted octanol–water partition coefficient (Wildman–Crippen LogP) is 0.790. The molecule has 3 N–H and O–H groups in total. The lowest BCUT2D eigenvalue weighted by Crippen LogP contribution is -2.14. The van der Waals surface area contributed by atoms with Gasteiger partial charge >= 0.3 is 0 Å². The number of aliphatic hydroxyl groups excluding tert-OH is 1. The molecule has 0 aliphatic carbocycles. The summed E-state index contributed by atoms with van der Waals surface area (Å²) in [5.74, 6) is 0.704. The Bertz CT molecular complexity index is 398. The molecule has 0 saturated carbocycles. The van der Waals surface area contributed by atoms with Crippen molar-refractivity contribution < 1.29 is 9.52 Å². The number of rotatable bonds is 3. The van der Waals surface area contributed by atoms with Crippen molar-refractivity contribution in [2.75, 3.05) is 6.61 Å². The van der Waals surface area contributed by atoms with Crippen LogP contribution in [0.5, 0.6) is 0 Å². The maximum Gasteiger partial charge on any atom is 0.257 e. The van der Waals surface area contributed by atoms with Gasteiger partial charge in [0.15, 0.2) is 0 Å². The molecule has 2 aromatic rings. The molecule has 0 radical (unpaired) electrons. The first-order valence-corrected chi connectivity index (χ1v) is 4.93. The maximum atomic E-state index is 8.78. The van der Waals surface area contributed by atoms with Gasteiger partial charge in [-0.25, -0.2) is 0 Å². The molecular weight excluding hydrogens is 202 g/mol. The van der Waals surface area contributed by atoms with Crippen LogP contribution in [0, 0.1) is 0 Å². The SMILES string of the molecule is NC(CO)c1nnc(-c2cccs2)o1. The molecular formula is C8H9N3O2S. The third-order valence-electron chi connectivity index (χ3n) is 1.69. The van der Waals surface area contributed by atoms with Crippen molar-refractivity contribution in [1.29, 1.82) is 0 Å². The Balaban J connectivity index is 2.26. The molecule has 2 aromatic heterocycles. The Kier molecular flexibility index (Phi) is 2.58. The van der Waals surface area contributed by atoms with E-state index in [0.717, 1.165) is 4.88 Å². The zero-order valence-corrected chi connectivity index (χ0v) is 8.07. The molecule has 0 aromatic carbocycles. The summed E-state index contributed by atoms with van der Waals surface area (Å²) < 4.78 is 5.28. The van der Waals surface area contributed by atoms with Crippen LogP contribution in [0.3, 0.4) is 0 Å². The molecule has 0 bridgehead atoms. The van der Waals surface area contributed by atoms with Crippen molar-refractivity contribution in [2.45, 2.75) is 6.04 Å². The summed E-state index contributed by atoms with van der Waals surface area (Å²) in [6.07, 6.45) is 0. The van der Waals surface area contributed by atoms with Crippen LogP contribution in [0.15, 0.2) is 21.9 Å². The van der Waals surface area contributed by atoms with E-state index in [0.29, 0.717) is 5.89 Å². The van der Waals surface area contributed by atoms with Gasteiger partial charge in [-0.05, 0) is 11.4 Å². The lowest BCUT2D eigenvalue weighted by Gasteiger charge is -1.98. The highest BCUT2D eigenvalue weighted by molar-refractivity contribution is 7.13. The number of aliphatic hydroxyl groups is 1. The van der Waals surface area contributed by atoms with Crippen molar-refractivity contribution in [3.05, 3.63) is 23.4 Å². The average molecular weight is 211 g/mol. The van der Waals surface area contributed by atoms with Crippen LogP contribution in [-0.4, -0.2) is 21.9 Å². The van der Waals surface area contributed by atoms with Gasteiger partial charge in [0.25, 0.3) is 5.89 Å². The zero-order valence-electron chi connectivity index (χ0n) is 7.25. The Morgan fingerprint density at radius 2 is 2.43 bits per heavy atom. The van der Waals surface area contributed by atoms with Crippen molar-refractivity contribution in [1.82, 2.24) is 10.2 Å². The first-order valence-electron chi connectivity index (χ1n) is 4.05. The van der Waals surface area contributed by atoms with Crippen LogP contribution < -0.4 is 5.73 Å². The van der Waals surface area contributed by atoms with E-state index < -0.39 is 6.04 Å². The lowest BCUT2D eigenvalue weighted by atomic mass is 10.3. The van der Waals surface area contributed by atoms with Gasteiger partial charge in [0.1, 0.15) is 6.04 Å². The number of hydrogen-bond donors (Lipinski definition) is 2. The van der Waals surface area contributed by atoms with Gasteiger partial charge < -0.3 is 15.3 Å². The third kappa shape index (κ3) is 1.67. The molecule has 0 saturated heterocycles. The quantitative estimate of drug-likeness (QED) is 0.784. The zero-order chi connectivity index (χ0) is 9.97. The van der Waals surface area contributed by atoms with E-state index in [1.54, 1.807) is 0 Å². The second-order valence-electron chi connectivity index (χ2n) is 2.71. The Morgan fingerprint density at radius 3 is 3.07 bits per heavy atom. The molecule has 0 amide bonds. The second-order valence-corrected chi connectivity index (χ2v) is 3.66. The molecule has 14 heavy (non-hydrogen) atoms. The molecule has 5 nitrogen and oxygen atoms in total. The summed E-state index contributed by atoms with van der Waals surface area (Å²) in [7, 11) is 0. The summed E-state index contributed by atoms with van der Waals surface area (Å²) in [4.78, 5) is 0.897. The molecule has 2 heterocycles. The Labute approximate surface area is 84.2 Å². The highest BCUT2D eigenvalue weighted by Crippen LogP contribution is 2.23. The maximum absolute atomic E-state index is 8.78. The topological polar surface area (TPSA) is 85.2 Å².